The zero-order chi connectivity index (χ0) is 38.2. The molecule has 0 aliphatic rings. The van der Waals surface area contributed by atoms with E-state index in [9.17, 15) is 14.7 Å². The Balaban J connectivity index is 4.50. The van der Waals surface area contributed by atoms with Crippen LogP contribution < -0.4 is 0 Å². The molecule has 6 nitrogen and oxygen atoms in total. The van der Waals surface area contributed by atoms with Gasteiger partial charge in [0.1, 0.15) is 0 Å². The van der Waals surface area contributed by atoms with Crippen LogP contribution in [0.25, 0.3) is 0 Å². The molecule has 0 heterocycles. The summed E-state index contributed by atoms with van der Waals surface area (Å²) in [6.07, 6.45) is 37.5. The van der Waals surface area contributed by atoms with Crippen molar-refractivity contribution in [2.24, 2.45) is 11.8 Å². The fourth-order valence-corrected chi connectivity index (χ4v) is 7.48. The number of rotatable bonds is 42. The summed E-state index contributed by atoms with van der Waals surface area (Å²) < 4.78 is 11.5. The third kappa shape index (κ3) is 35.9. The van der Waals surface area contributed by atoms with Gasteiger partial charge >= 0.3 is 11.9 Å². The van der Waals surface area contributed by atoms with E-state index in [-0.39, 0.29) is 18.5 Å². The van der Waals surface area contributed by atoms with E-state index in [1.807, 2.05) is 0 Å². The average Bonchev–Trinajstić information content (AvgIpc) is 3.14. The summed E-state index contributed by atoms with van der Waals surface area (Å²) >= 11 is 0. The molecule has 0 aliphatic heterocycles. The van der Waals surface area contributed by atoms with Crippen LogP contribution in [-0.2, 0) is 19.1 Å². The SMILES string of the molecule is CCCCCCCCC(CCCCCC)CCCOC(=O)CCCN(CCCCO)CCCC(=O)OCC(CCCCCC)CCCCCCCC. The first-order valence-corrected chi connectivity index (χ1v) is 23.1. The van der Waals surface area contributed by atoms with Crippen molar-refractivity contribution >= 4 is 11.9 Å². The number of aliphatic hydroxyl groups is 1. The van der Waals surface area contributed by atoms with Crippen LogP contribution in [0.5, 0.6) is 0 Å². The molecule has 0 aromatic heterocycles. The van der Waals surface area contributed by atoms with Crippen LogP contribution in [0.4, 0.5) is 0 Å². The van der Waals surface area contributed by atoms with Crippen LogP contribution in [0, 0.1) is 11.8 Å². The van der Waals surface area contributed by atoms with Crippen molar-refractivity contribution in [1.82, 2.24) is 4.90 Å². The highest BCUT2D eigenvalue weighted by atomic mass is 16.5. The second kappa shape index (κ2) is 41.0. The molecule has 0 fully saturated rings. The Morgan fingerprint density at radius 3 is 1.31 bits per heavy atom. The number of aliphatic hydroxyl groups excluding tert-OH is 1. The van der Waals surface area contributed by atoms with E-state index in [2.05, 4.69) is 32.6 Å². The van der Waals surface area contributed by atoms with E-state index in [4.69, 9.17) is 9.47 Å². The Labute approximate surface area is 324 Å². The summed E-state index contributed by atoms with van der Waals surface area (Å²) in [6, 6.07) is 0. The molecule has 0 saturated heterocycles. The van der Waals surface area contributed by atoms with Gasteiger partial charge in [0.2, 0.25) is 0 Å². The van der Waals surface area contributed by atoms with Gasteiger partial charge in [-0.2, -0.15) is 0 Å². The van der Waals surface area contributed by atoms with E-state index in [0.29, 0.717) is 32.0 Å². The van der Waals surface area contributed by atoms with E-state index < -0.39 is 0 Å². The minimum atomic E-state index is -0.0838. The fraction of sp³-hybridized carbons (Fsp3) is 0.957. The number of unbranched alkanes of at least 4 members (excludes halogenated alkanes) is 17. The van der Waals surface area contributed by atoms with Gasteiger partial charge in [-0.15, -0.1) is 0 Å². The minimum absolute atomic E-state index is 0.0736. The lowest BCUT2D eigenvalue weighted by Crippen LogP contribution is -2.28. The number of nitrogens with zero attached hydrogens (tertiary/aromatic N) is 1. The summed E-state index contributed by atoms with van der Waals surface area (Å²) in [5.74, 6) is 1.10. The lowest BCUT2D eigenvalue weighted by atomic mass is 9.90. The molecule has 0 rings (SSSR count). The third-order valence-corrected chi connectivity index (χ3v) is 11.0. The van der Waals surface area contributed by atoms with Crippen molar-refractivity contribution in [1.29, 1.82) is 0 Å². The number of ether oxygens (including phenoxy) is 2. The Kier molecular flexibility index (Phi) is 40.1. The molecule has 2 unspecified atom stereocenters. The van der Waals surface area contributed by atoms with Crippen molar-refractivity contribution in [3.63, 3.8) is 0 Å². The zero-order valence-corrected chi connectivity index (χ0v) is 35.6. The maximum Gasteiger partial charge on any atom is 0.305 e. The molecule has 0 amide bonds. The lowest BCUT2D eigenvalue weighted by molar-refractivity contribution is -0.145. The Morgan fingerprint density at radius 2 is 0.827 bits per heavy atom. The van der Waals surface area contributed by atoms with Gasteiger partial charge in [0.05, 0.1) is 13.2 Å². The first-order valence-electron chi connectivity index (χ1n) is 23.1. The first-order chi connectivity index (χ1) is 25.5. The van der Waals surface area contributed by atoms with Crippen LogP contribution >= 0.6 is 0 Å². The number of carbonyl (C=O) groups is 2. The minimum Gasteiger partial charge on any atom is -0.466 e. The molecular weight excluding hydrogens is 647 g/mol. The topological polar surface area (TPSA) is 76.1 Å². The molecule has 0 aromatic carbocycles. The van der Waals surface area contributed by atoms with Crippen LogP contribution in [0.2, 0.25) is 0 Å². The number of esters is 2. The second-order valence-corrected chi connectivity index (χ2v) is 16.1. The van der Waals surface area contributed by atoms with Gasteiger partial charge in [0.25, 0.3) is 0 Å². The molecule has 6 heteroatoms. The number of hydrogen-bond acceptors (Lipinski definition) is 6. The predicted molar refractivity (Wildman–Crippen MR) is 223 cm³/mol. The Bertz CT molecular complexity index is 746. The average molecular weight is 738 g/mol. The molecule has 0 radical (unpaired) electrons. The molecule has 0 bridgehead atoms. The summed E-state index contributed by atoms with van der Waals surface area (Å²) in [4.78, 5) is 27.7. The largest absolute Gasteiger partial charge is 0.466 e. The molecular formula is C46H91NO5. The lowest BCUT2D eigenvalue weighted by Gasteiger charge is -2.22. The first kappa shape index (κ1) is 50.9. The van der Waals surface area contributed by atoms with Gasteiger partial charge in [0, 0.05) is 19.4 Å². The monoisotopic (exact) mass is 738 g/mol. The zero-order valence-electron chi connectivity index (χ0n) is 35.6. The van der Waals surface area contributed by atoms with Crippen LogP contribution in [-0.4, -0.2) is 61.4 Å². The maximum atomic E-state index is 12.7. The maximum absolute atomic E-state index is 12.7. The fourth-order valence-electron chi connectivity index (χ4n) is 7.48. The van der Waals surface area contributed by atoms with E-state index in [1.165, 1.54) is 161 Å². The van der Waals surface area contributed by atoms with Crippen molar-refractivity contribution in [3.8, 4) is 0 Å². The van der Waals surface area contributed by atoms with Crippen molar-refractivity contribution < 1.29 is 24.2 Å². The van der Waals surface area contributed by atoms with E-state index in [1.54, 1.807) is 0 Å². The highest BCUT2D eigenvalue weighted by molar-refractivity contribution is 5.69. The Hall–Kier alpha value is -1.14. The summed E-state index contributed by atoms with van der Waals surface area (Å²) in [6.45, 7) is 12.9. The van der Waals surface area contributed by atoms with Crippen LogP contribution in [0.3, 0.4) is 0 Å². The number of carbonyl (C=O) groups excluding carboxylic acids is 2. The summed E-state index contributed by atoms with van der Waals surface area (Å²) in [5.41, 5.74) is 0. The predicted octanol–water partition coefficient (Wildman–Crippen LogP) is 13.2. The molecule has 2 atom stereocenters. The Morgan fingerprint density at radius 1 is 0.442 bits per heavy atom. The molecule has 0 spiro atoms. The summed E-state index contributed by atoms with van der Waals surface area (Å²) in [7, 11) is 0. The van der Waals surface area contributed by atoms with Gasteiger partial charge < -0.3 is 19.5 Å². The quantitative estimate of drug-likeness (QED) is 0.0496. The van der Waals surface area contributed by atoms with E-state index >= 15 is 0 Å². The van der Waals surface area contributed by atoms with Crippen molar-refractivity contribution in [2.75, 3.05) is 39.5 Å². The standard InChI is InChI=1S/C46H91NO5/c1-5-9-13-17-19-23-31-43(30-21-15-11-7-3)34-29-41-51-45(49)35-27-38-47(37-25-26-40-48)39-28-36-46(50)52-42-44(32-22-16-12-8-4)33-24-20-18-14-10-6-2/h43-44,48H,5-42H2,1-4H3. The molecule has 0 saturated carbocycles. The molecule has 310 valence electrons. The highest BCUT2D eigenvalue weighted by Crippen LogP contribution is 2.24. The van der Waals surface area contributed by atoms with Gasteiger partial charge in [-0.3, -0.25) is 9.59 Å². The van der Waals surface area contributed by atoms with Crippen molar-refractivity contribution in [3.05, 3.63) is 0 Å². The number of hydrogen-bond donors (Lipinski definition) is 1. The van der Waals surface area contributed by atoms with Gasteiger partial charge in [0.15, 0.2) is 0 Å². The van der Waals surface area contributed by atoms with Crippen LogP contribution in [0.1, 0.15) is 233 Å². The normalized spacial score (nSPS) is 12.7. The van der Waals surface area contributed by atoms with Gasteiger partial charge in [-0.25, -0.2) is 0 Å². The van der Waals surface area contributed by atoms with Crippen molar-refractivity contribution in [2.45, 2.75) is 233 Å². The molecule has 52 heavy (non-hydrogen) atoms. The second-order valence-electron chi connectivity index (χ2n) is 16.1. The molecule has 0 aromatic rings. The third-order valence-electron chi connectivity index (χ3n) is 11.0. The molecule has 1 N–H and O–H groups in total. The van der Waals surface area contributed by atoms with Gasteiger partial charge in [-0.05, 0) is 82.8 Å². The highest BCUT2D eigenvalue weighted by Gasteiger charge is 2.14. The smallest absolute Gasteiger partial charge is 0.305 e. The van der Waals surface area contributed by atoms with Gasteiger partial charge in [-0.1, -0.05) is 169 Å². The summed E-state index contributed by atoms with van der Waals surface area (Å²) in [5, 5.41) is 9.31. The van der Waals surface area contributed by atoms with Crippen LogP contribution in [0.15, 0.2) is 0 Å². The van der Waals surface area contributed by atoms with E-state index in [0.717, 1.165) is 57.7 Å². The molecule has 0 aliphatic carbocycles.